The number of nitrogen functional groups attached to an aromatic ring is 1. The van der Waals surface area contributed by atoms with Crippen molar-refractivity contribution in [2.24, 2.45) is 0 Å². The number of sulfonamides is 1. The molecule has 0 spiro atoms. The smallest absolute Gasteiger partial charge is 0.267 e. The van der Waals surface area contributed by atoms with Gasteiger partial charge in [-0.05, 0) is 18.6 Å². The van der Waals surface area contributed by atoms with Gasteiger partial charge in [0.2, 0.25) is 0 Å². The Morgan fingerprint density at radius 1 is 1.40 bits per heavy atom. The van der Waals surface area contributed by atoms with E-state index in [9.17, 15) is 8.42 Å². The van der Waals surface area contributed by atoms with Gasteiger partial charge in [0.1, 0.15) is 4.90 Å². The second kappa shape index (κ2) is 4.18. The molecule has 1 rings (SSSR count). The molecule has 1 aromatic carbocycles. The van der Waals surface area contributed by atoms with Gasteiger partial charge in [-0.25, -0.2) is 8.42 Å². The van der Waals surface area contributed by atoms with Gasteiger partial charge in [0.05, 0.1) is 12.8 Å². The van der Waals surface area contributed by atoms with Gasteiger partial charge in [-0.3, -0.25) is 4.84 Å². The molecule has 0 saturated carbocycles. The summed E-state index contributed by atoms with van der Waals surface area (Å²) in [5.41, 5.74) is 6.46. The van der Waals surface area contributed by atoms with Crippen LogP contribution in [0.3, 0.4) is 0 Å². The highest BCUT2D eigenvalue weighted by molar-refractivity contribution is 7.89. The number of hydroxylamine groups is 1. The topological polar surface area (TPSA) is 72.6 Å². The van der Waals surface area contributed by atoms with Crippen molar-refractivity contribution in [3.05, 3.63) is 23.8 Å². The van der Waals surface area contributed by atoms with E-state index in [1.165, 1.54) is 14.2 Å². The lowest BCUT2D eigenvalue weighted by atomic mass is 10.2. The van der Waals surface area contributed by atoms with Crippen molar-refractivity contribution >= 4 is 15.7 Å². The first-order valence-corrected chi connectivity index (χ1v) is 5.73. The maximum atomic E-state index is 11.9. The van der Waals surface area contributed by atoms with Crippen molar-refractivity contribution in [1.82, 2.24) is 4.47 Å². The van der Waals surface area contributed by atoms with E-state index in [0.717, 1.165) is 4.47 Å². The zero-order valence-corrected chi connectivity index (χ0v) is 9.71. The molecule has 0 bridgehead atoms. The van der Waals surface area contributed by atoms with Crippen LogP contribution < -0.4 is 5.73 Å². The van der Waals surface area contributed by atoms with E-state index in [1.807, 2.05) is 0 Å². The molecule has 0 aliphatic rings. The van der Waals surface area contributed by atoms with Gasteiger partial charge in [-0.2, -0.15) is 0 Å². The number of anilines is 1. The molecule has 15 heavy (non-hydrogen) atoms. The molecule has 5 nitrogen and oxygen atoms in total. The molecule has 6 heteroatoms. The van der Waals surface area contributed by atoms with Crippen LogP contribution in [0.25, 0.3) is 0 Å². The predicted octanol–water partition coefficient (Wildman–Crippen LogP) is 0.759. The number of hydrogen-bond donors (Lipinski definition) is 1. The van der Waals surface area contributed by atoms with Crippen molar-refractivity contribution in [3.63, 3.8) is 0 Å². The molecular formula is C9H14N2O3S. The molecule has 1 aromatic rings. The standard InChI is InChI=1S/C9H14N2O3S/c1-7-5-4-6-8(10)9(7)15(12,13)11(2)14-3/h4-6H,10H2,1-3H3. The lowest BCUT2D eigenvalue weighted by Crippen LogP contribution is -2.27. The second-order valence-electron chi connectivity index (χ2n) is 3.09. The highest BCUT2D eigenvalue weighted by Crippen LogP contribution is 2.24. The number of rotatable bonds is 3. The normalized spacial score (nSPS) is 12.0. The van der Waals surface area contributed by atoms with Crippen LogP contribution in [-0.4, -0.2) is 27.0 Å². The number of benzene rings is 1. The summed E-state index contributed by atoms with van der Waals surface area (Å²) in [4.78, 5) is 4.76. The Morgan fingerprint density at radius 2 is 2.00 bits per heavy atom. The maximum absolute atomic E-state index is 11.9. The summed E-state index contributed by atoms with van der Waals surface area (Å²) < 4.78 is 24.6. The summed E-state index contributed by atoms with van der Waals surface area (Å²) in [6, 6.07) is 4.94. The van der Waals surface area contributed by atoms with Crippen molar-refractivity contribution in [1.29, 1.82) is 0 Å². The van der Waals surface area contributed by atoms with Gasteiger partial charge in [0, 0.05) is 7.05 Å². The van der Waals surface area contributed by atoms with Gasteiger partial charge in [-0.1, -0.05) is 16.6 Å². The largest absolute Gasteiger partial charge is 0.398 e. The lowest BCUT2D eigenvalue weighted by molar-refractivity contribution is -0.0258. The summed E-state index contributed by atoms with van der Waals surface area (Å²) in [6.45, 7) is 1.69. The number of nitrogens with zero attached hydrogens (tertiary/aromatic N) is 1. The molecule has 0 radical (unpaired) electrons. The zero-order chi connectivity index (χ0) is 11.6. The Balaban J connectivity index is 3.40. The van der Waals surface area contributed by atoms with E-state index in [4.69, 9.17) is 5.73 Å². The fraction of sp³-hybridized carbons (Fsp3) is 0.333. The molecule has 0 aromatic heterocycles. The van der Waals surface area contributed by atoms with Crippen LogP contribution in [-0.2, 0) is 14.9 Å². The van der Waals surface area contributed by atoms with E-state index in [2.05, 4.69) is 4.84 Å². The fourth-order valence-electron chi connectivity index (χ4n) is 1.25. The molecule has 0 aliphatic carbocycles. The number of hydrogen-bond acceptors (Lipinski definition) is 4. The SMILES string of the molecule is CON(C)S(=O)(=O)c1c(C)cccc1N. The third kappa shape index (κ3) is 2.11. The van der Waals surface area contributed by atoms with Crippen LogP contribution in [0, 0.1) is 6.92 Å². The average Bonchev–Trinajstić information content (AvgIpc) is 2.15. The summed E-state index contributed by atoms with van der Waals surface area (Å²) in [7, 11) is -1.06. The first-order valence-electron chi connectivity index (χ1n) is 4.29. The Bertz CT molecular complexity index is 436. The van der Waals surface area contributed by atoms with E-state index < -0.39 is 10.0 Å². The van der Waals surface area contributed by atoms with Gasteiger partial charge in [0.15, 0.2) is 0 Å². The quantitative estimate of drug-likeness (QED) is 0.614. The van der Waals surface area contributed by atoms with E-state index in [0.29, 0.717) is 5.56 Å². The van der Waals surface area contributed by atoms with Crippen molar-refractivity contribution in [3.8, 4) is 0 Å². The predicted molar refractivity (Wildman–Crippen MR) is 57.5 cm³/mol. The minimum Gasteiger partial charge on any atom is -0.398 e. The number of nitrogens with two attached hydrogens (primary N) is 1. The zero-order valence-electron chi connectivity index (χ0n) is 8.89. The second-order valence-corrected chi connectivity index (χ2v) is 4.96. The first-order chi connectivity index (χ1) is 6.91. The van der Waals surface area contributed by atoms with Crippen molar-refractivity contribution in [2.75, 3.05) is 19.9 Å². The fourth-order valence-corrected chi connectivity index (χ4v) is 2.55. The summed E-state index contributed by atoms with van der Waals surface area (Å²) >= 11 is 0. The third-order valence-corrected chi connectivity index (χ3v) is 4.00. The molecule has 2 N–H and O–H groups in total. The number of aryl methyl sites for hydroxylation is 1. The van der Waals surface area contributed by atoms with Crippen LogP contribution in [0.2, 0.25) is 0 Å². The average molecular weight is 230 g/mol. The van der Waals surface area contributed by atoms with Gasteiger partial charge in [0.25, 0.3) is 10.0 Å². The third-order valence-electron chi connectivity index (χ3n) is 2.10. The van der Waals surface area contributed by atoms with E-state index in [1.54, 1.807) is 25.1 Å². The molecule has 0 saturated heterocycles. The van der Waals surface area contributed by atoms with Crippen molar-refractivity contribution < 1.29 is 13.3 Å². The van der Waals surface area contributed by atoms with E-state index >= 15 is 0 Å². The summed E-state index contributed by atoms with van der Waals surface area (Å²) in [5.74, 6) is 0. The van der Waals surface area contributed by atoms with Crippen molar-refractivity contribution in [2.45, 2.75) is 11.8 Å². The van der Waals surface area contributed by atoms with E-state index in [-0.39, 0.29) is 10.6 Å². The maximum Gasteiger partial charge on any atom is 0.267 e. The van der Waals surface area contributed by atoms with Crippen LogP contribution in [0.1, 0.15) is 5.56 Å². The molecular weight excluding hydrogens is 216 g/mol. The minimum absolute atomic E-state index is 0.0920. The highest BCUT2D eigenvalue weighted by atomic mass is 32.2. The Kier molecular flexibility index (Phi) is 3.33. The van der Waals surface area contributed by atoms with Gasteiger partial charge >= 0.3 is 0 Å². The van der Waals surface area contributed by atoms with Crippen LogP contribution in [0.4, 0.5) is 5.69 Å². The highest BCUT2D eigenvalue weighted by Gasteiger charge is 2.25. The summed E-state index contributed by atoms with van der Waals surface area (Å²) in [5, 5.41) is 0. The van der Waals surface area contributed by atoms with Crippen LogP contribution in [0.5, 0.6) is 0 Å². The van der Waals surface area contributed by atoms with Crippen LogP contribution >= 0.6 is 0 Å². The Hall–Kier alpha value is -1.11. The monoisotopic (exact) mass is 230 g/mol. The first kappa shape index (κ1) is 12.0. The molecule has 0 aliphatic heterocycles. The molecule has 0 atom stereocenters. The summed E-state index contributed by atoms with van der Waals surface area (Å²) in [6.07, 6.45) is 0. The molecule has 0 amide bonds. The molecule has 0 unspecified atom stereocenters. The van der Waals surface area contributed by atoms with Gasteiger partial charge < -0.3 is 5.73 Å². The minimum atomic E-state index is -3.66. The van der Waals surface area contributed by atoms with Crippen LogP contribution in [0.15, 0.2) is 23.1 Å². The Labute approximate surface area is 89.5 Å². The lowest BCUT2D eigenvalue weighted by Gasteiger charge is -2.17. The Morgan fingerprint density at radius 3 is 2.47 bits per heavy atom. The molecule has 0 heterocycles. The molecule has 84 valence electrons. The van der Waals surface area contributed by atoms with Gasteiger partial charge in [-0.15, -0.1) is 0 Å². The molecule has 0 fully saturated rings.